The number of halogens is 1. The van der Waals surface area contributed by atoms with Crippen LogP contribution in [0.15, 0.2) is 46.2 Å². The fourth-order valence-electron chi connectivity index (χ4n) is 5.86. The predicted molar refractivity (Wildman–Crippen MR) is 159 cm³/mol. The van der Waals surface area contributed by atoms with Gasteiger partial charge in [-0.1, -0.05) is 32.8 Å². The summed E-state index contributed by atoms with van der Waals surface area (Å²) < 4.78 is 21.2. The van der Waals surface area contributed by atoms with Gasteiger partial charge >= 0.3 is 0 Å². The van der Waals surface area contributed by atoms with Gasteiger partial charge in [0.15, 0.2) is 5.96 Å². The third kappa shape index (κ3) is 6.14. The molecule has 2 fully saturated rings. The molecule has 214 valence electrons. The Labute approximate surface area is 235 Å². The van der Waals surface area contributed by atoms with Gasteiger partial charge in [-0.05, 0) is 61.4 Å². The molecule has 2 aromatic carbocycles. The second kappa shape index (κ2) is 12.4. The number of benzene rings is 2. The molecule has 0 amide bonds. The maximum Gasteiger partial charge on any atom is 0.261 e. The number of nitrogens with zero attached hydrogens (tertiary/aromatic N) is 4. The molecule has 1 unspecified atom stereocenters. The monoisotopic (exact) mass is 548 g/mol. The van der Waals surface area contributed by atoms with E-state index in [0.29, 0.717) is 58.9 Å². The Hall–Kier alpha value is -3.46. The van der Waals surface area contributed by atoms with Crippen molar-refractivity contribution in [3.05, 3.63) is 64.0 Å². The number of hydrogen-bond acceptors (Lipinski definition) is 5. The summed E-state index contributed by atoms with van der Waals surface area (Å²) in [6, 6.07) is 10.8. The molecule has 3 aromatic rings. The summed E-state index contributed by atoms with van der Waals surface area (Å²) in [6.45, 7) is 10.5. The van der Waals surface area contributed by atoms with Crippen molar-refractivity contribution in [3.8, 4) is 5.75 Å². The van der Waals surface area contributed by atoms with Gasteiger partial charge in [-0.3, -0.25) is 9.36 Å². The number of methoxy groups -OCH3 is 1. The lowest BCUT2D eigenvalue weighted by Gasteiger charge is -2.35. The number of aryl methyl sites for hydroxylation is 2. The summed E-state index contributed by atoms with van der Waals surface area (Å²) in [5.41, 5.74) is 1.92. The zero-order valence-corrected chi connectivity index (χ0v) is 24.0. The molecule has 0 spiro atoms. The van der Waals surface area contributed by atoms with E-state index in [-0.39, 0.29) is 11.4 Å². The SMILES string of the molecule is COc1ccc(CCn2c(C)nc3cc(NC(=N[C@H]4CCC[C@@H](C)C4C)N4CCNCC4)ccc3c2=O)c(F)c1. The second-order valence-electron chi connectivity index (χ2n) is 11.2. The van der Waals surface area contributed by atoms with Crippen LogP contribution in [-0.4, -0.2) is 59.7 Å². The first-order valence-corrected chi connectivity index (χ1v) is 14.5. The molecule has 2 heterocycles. The predicted octanol–water partition coefficient (Wildman–Crippen LogP) is 4.59. The third-order valence-corrected chi connectivity index (χ3v) is 8.64. The highest BCUT2D eigenvalue weighted by Gasteiger charge is 2.28. The van der Waals surface area contributed by atoms with Crippen LogP contribution in [0.4, 0.5) is 10.1 Å². The van der Waals surface area contributed by atoms with Gasteiger partial charge in [0.1, 0.15) is 17.4 Å². The first-order chi connectivity index (χ1) is 19.3. The smallest absolute Gasteiger partial charge is 0.261 e. The summed E-state index contributed by atoms with van der Waals surface area (Å²) in [6.07, 6.45) is 3.98. The Balaban J connectivity index is 1.39. The standard InChI is InChI=1S/C31H41FN6O2/c1-20-6-5-7-28(21(20)2)36-31(37-16-13-33-14-17-37)35-24-9-11-26-29(18-24)34-22(3)38(30(26)39)15-12-23-8-10-25(40-4)19-27(23)32/h8-11,18-21,28,33H,5-7,12-17H2,1-4H3,(H,35,36)/t20-,21?,28+/m1/s1. The highest BCUT2D eigenvalue weighted by molar-refractivity contribution is 5.96. The van der Waals surface area contributed by atoms with E-state index in [0.717, 1.165) is 44.2 Å². The number of fused-ring (bicyclic) bond motifs is 1. The lowest BCUT2D eigenvalue weighted by atomic mass is 9.78. The lowest BCUT2D eigenvalue weighted by molar-refractivity contribution is 0.238. The number of anilines is 1. The zero-order valence-electron chi connectivity index (χ0n) is 24.0. The van der Waals surface area contributed by atoms with Crippen LogP contribution in [0.5, 0.6) is 5.75 Å². The fourth-order valence-corrected chi connectivity index (χ4v) is 5.86. The number of hydrogen-bond donors (Lipinski definition) is 2. The van der Waals surface area contributed by atoms with Gasteiger partial charge in [-0.15, -0.1) is 0 Å². The highest BCUT2D eigenvalue weighted by Crippen LogP contribution is 2.32. The molecule has 0 bridgehead atoms. The van der Waals surface area contributed by atoms with Crippen molar-refractivity contribution < 1.29 is 9.13 Å². The maximum absolute atomic E-state index is 14.5. The molecule has 40 heavy (non-hydrogen) atoms. The molecule has 1 saturated carbocycles. The van der Waals surface area contributed by atoms with E-state index in [4.69, 9.17) is 14.7 Å². The Bertz CT molecular complexity index is 1430. The number of rotatable bonds is 6. The summed E-state index contributed by atoms with van der Waals surface area (Å²) in [5, 5.41) is 7.56. The summed E-state index contributed by atoms with van der Waals surface area (Å²) in [5.74, 6) is 2.85. The largest absolute Gasteiger partial charge is 0.497 e. The molecular weight excluding hydrogens is 507 g/mol. The molecule has 8 nitrogen and oxygen atoms in total. The van der Waals surface area contributed by atoms with Crippen molar-refractivity contribution in [1.29, 1.82) is 0 Å². The van der Waals surface area contributed by atoms with Crippen LogP contribution in [0.2, 0.25) is 0 Å². The molecule has 2 N–H and O–H groups in total. The molecule has 2 aliphatic rings. The normalized spacial score (nSPS) is 22.0. The molecule has 5 rings (SSSR count). The highest BCUT2D eigenvalue weighted by atomic mass is 19.1. The van der Waals surface area contributed by atoms with Gasteiger partial charge in [0, 0.05) is 44.5 Å². The van der Waals surface area contributed by atoms with Crippen molar-refractivity contribution >= 4 is 22.5 Å². The molecule has 3 atom stereocenters. The van der Waals surface area contributed by atoms with Crippen LogP contribution in [0.3, 0.4) is 0 Å². The lowest BCUT2D eigenvalue weighted by Crippen LogP contribution is -2.49. The van der Waals surface area contributed by atoms with Crippen LogP contribution in [0.25, 0.3) is 10.9 Å². The number of ether oxygens (including phenoxy) is 1. The maximum atomic E-state index is 14.5. The van der Waals surface area contributed by atoms with E-state index in [1.165, 1.54) is 26.0 Å². The zero-order chi connectivity index (χ0) is 28.2. The van der Waals surface area contributed by atoms with Gasteiger partial charge < -0.3 is 20.3 Å². The van der Waals surface area contributed by atoms with Crippen molar-refractivity contribution in [3.63, 3.8) is 0 Å². The van der Waals surface area contributed by atoms with E-state index in [9.17, 15) is 9.18 Å². The molecule has 0 radical (unpaired) electrons. The average molecular weight is 549 g/mol. The Morgan fingerprint density at radius 1 is 1.18 bits per heavy atom. The topological polar surface area (TPSA) is 83.8 Å². The second-order valence-corrected chi connectivity index (χ2v) is 11.2. The quantitative estimate of drug-likeness (QED) is 0.346. The number of aliphatic imine (C=N–C) groups is 1. The summed E-state index contributed by atoms with van der Waals surface area (Å²) >= 11 is 0. The van der Waals surface area contributed by atoms with Crippen molar-refractivity contribution in [2.45, 2.75) is 59.0 Å². The minimum atomic E-state index is -0.339. The number of guanidine groups is 1. The summed E-state index contributed by atoms with van der Waals surface area (Å²) in [7, 11) is 1.51. The van der Waals surface area contributed by atoms with Crippen molar-refractivity contribution in [1.82, 2.24) is 19.8 Å². The van der Waals surface area contributed by atoms with Crippen molar-refractivity contribution in [2.24, 2.45) is 16.8 Å². The van der Waals surface area contributed by atoms with Gasteiger partial charge in [0.05, 0.1) is 24.1 Å². The Morgan fingerprint density at radius 3 is 2.73 bits per heavy atom. The van der Waals surface area contributed by atoms with Gasteiger partial charge in [-0.25, -0.2) is 14.4 Å². The van der Waals surface area contributed by atoms with Gasteiger partial charge in [0.25, 0.3) is 5.56 Å². The van der Waals surface area contributed by atoms with Crippen LogP contribution in [-0.2, 0) is 13.0 Å². The van der Waals surface area contributed by atoms with E-state index < -0.39 is 0 Å². The molecule has 1 saturated heterocycles. The average Bonchev–Trinajstić information content (AvgIpc) is 2.96. The Morgan fingerprint density at radius 2 is 1.98 bits per heavy atom. The van der Waals surface area contributed by atoms with Crippen molar-refractivity contribution in [2.75, 3.05) is 38.6 Å². The summed E-state index contributed by atoms with van der Waals surface area (Å²) in [4.78, 5) is 25.8. The minimum Gasteiger partial charge on any atom is -0.497 e. The Kier molecular flexibility index (Phi) is 8.69. The number of aromatic nitrogens is 2. The van der Waals surface area contributed by atoms with E-state index in [1.807, 2.05) is 25.1 Å². The van der Waals surface area contributed by atoms with E-state index >= 15 is 0 Å². The molecule has 1 aromatic heterocycles. The number of piperazine rings is 1. The molecule has 9 heteroatoms. The molecule has 1 aliphatic carbocycles. The minimum absolute atomic E-state index is 0.121. The van der Waals surface area contributed by atoms with Crippen LogP contribution < -0.4 is 20.9 Å². The molecular formula is C31H41FN6O2. The van der Waals surface area contributed by atoms with Crippen LogP contribution in [0, 0.1) is 24.6 Å². The van der Waals surface area contributed by atoms with Gasteiger partial charge in [-0.2, -0.15) is 0 Å². The van der Waals surface area contributed by atoms with E-state index in [1.54, 1.807) is 16.7 Å². The molecule has 1 aliphatic heterocycles. The van der Waals surface area contributed by atoms with Gasteiger partial charge in [0.2, 0.25) is 0 Å². The first kappa shape index (κ1) is 28.1. The van der Waals surface area contributed by atoms with Crippen LogP contribution in [0.1, 0.15) is 44.5 Å². The van der Waals surface area contributed by atoms with E-state index in [2.05, 4.69) is 29.4 Å². The number of nitrogens with one attached hydrogen (secondary N) is 2. The fraction of sp³-hybridized carbons (Fsp3) is 0.516. The first-order valence-electron chi connectivity index (χ1n) is 14.5. The van der Waals surface area contributed by atoms with Crippen LogP contribution >= 0.6 is 0 Å². The third-order valence-electron chi connectivity index (χ3n) is 8.64.